The number of fused-ring (bicyclic) bond motifs is 5. The average Bonchev–Trinajstić information content (AvgIpc) is 3.53. The summed E-state index contributed by atoms with van der Waals surface area (Å²) in [6.07, 6.45) is 4.15. The van der Waals surface area contributed by atoms with E-state index in [-0.39, 0.29) is 23.8 Å². The van der Waals surface area contributed by atoms with Gasteiger partial charge in [0.05, 0.1) is 11.8 Å². The maximum absolute atomic E-state index is 13.7. The predicted molar refractivity (Wildman–Crippen MR) is 124 cm³/mol. The van der Waals surface area contributed by atoms with E-state index in [1.807, 2.05) is 55.6 Å². The van der Waals surface area contributed by atoms with E-state index >= 15 is 0 Å². The lowest BCUT2D eigenvalue weighted by Crippen LogP contribution is -2.53. The van der Waals surface area contributed by atoms with Crippen LogP contribution >= 0.6 is 0 Å². The van der Waals surface area contributed by atoms with Crippen molar-refractivity contribution in [1.29, 1.82) is 0 Å². The Kier molecular flexibility index (Phi) is 4.45. The summed E-state index contributed by atoms with van der Waals surface area (Å²) in [5.74, 6) is -1.98. The largest absolute Gasteiger partial charge is 0.361 e. The van der Waals surface area contributed by atoms with Gasteiger partial charge in [0.25, 0.3) is 0 Å². The third-order valence-corrected chi connectivity index (χ3v) is 7.56. The number of para-hydroxylation sites is 2. The van der Waals surface area contributed by atoms with Gasteiger partial charge in [-0.1, -0.05) is 49.7 Å². The van der Waals surface area contributed by atoms with Crippen LogP contribution in [0.2, 0.25) is 0 Å². The van der Waals surface area contributed by atoms with Crippen molar-refractivity contribution >= 4 is 34.3 Å². The number of likely N-dealkylation sites (tertiary alicyclic amines) is 1. The molecule has 3 amide bonds. The summed E-state index contributed by atoms with van der Waals surface area (Å²) >= 11 is 0. The van der Waals surface area contributed by atoms with Crippen molar-refractivity contribution in [3.63, 3.8) is 0 Å². The molecule has 6 rings (SSSR count). The van der Waals surface area contributed by atoms with Gasteiger partial charge in [-0.05, 0) is 30.5 Å². The molecule has 4 atom stereocenters. The molecule has 2 saturated heterocycles. The van der Waals surface area contributed by atoms with Crippen LogP contribution in [0.4, 0.5) is 5.69 Å². The summed E-state index contributed by atoms with van der Waals surface area (Å²) in [7, 11) is 0. The van der Waals surface area contributed by atoms with Gasteiger partial charge in [-0.2, -0.15) is 0 Å². The van der Waals surface area contributed by atoms with Gasteiger partial charge in [0.15, 0.2) is 0 Å². The van der Waals surface area contributed by atoms with Crippen molar-refractivity contribution in [2.75, 3.05) is 11.9 Å². The smallest absolute Gasteiger partial charge is 0.250 e. The van der Waals surface area contributed by atoms with Gasteiger partial charge in [-0.15, -0.1) is 0 Å². The van der Waals surface area contributed by atoms with Crippen LogP contribution in [-0.2, 0) is 26.3 Å². The summed E-state index contributed by atoms with van der Waals surface area (Å²) in [5, 5.41) is 7.57. The Balaban J connectivity index is 1.46. The zero-order valence-electron chi connectivity index (χ0n) is 18.4. The topological polar surface area (TPSA) is 94.3 Å². The van der Waals surface area contributed by atoms with E-state index in [0.717, 1.165) is 34.9 Å². The molecule has 0 radical (unpaired) electrons. The molecule has 33 heavy (non-hydrogen) atoms. The van der Waals surface area contributed by atoms with Crippen LogP contribution in [0.3, 0.4) is 0 Å². The molecular formula is C26H26N4O3. The molecule has 0 unspecified atom stereocenters. The molecule has 168 valence electrons. The lowest BCUT2D eigenvalue weighted by molar-refractivity contribution is -0.142. The number of aromatic nitrogens is 1. The van der Waals surface area contributed by atoms with Gasteiger partial charge in [-0.3, -0.25) is 24.6 Å². The Bertz CT molecular complexity index is 1300. The van der Waals surface area contributed by atoms with Crippen molar-refractivity contribution in [3.05, 3.63) is 65.9 Å². The Labute approximate surface area is 191 Å². The summed E-state index contributed by atoms with van der Waals surface area (Å²) in [6, 6.07) is 15.2. The van der Waals surface area contributed by atoms with Gasteiger partial charge >= 0.3 is 0 Å². The Hall–Kier alpha value is -3.45. The predicted octanol–water partition coefficient (Wildman–Crippen LogP) is 2.93. The van der Waals surface area contributed by atoms with Crippen LogP contribution in [0, 0.1) is 11.8 Å². The summed E-state index contributed by atoms with van der Waals surface area (Å²) in [6.45, 7) is 2.44. The first-order valence-corrected chi connectivity index (χ1v) is 11.6. The lowest BCUT2D eigenvalue weighted by Gasteiger charge is -2.29. The second kappa shape index (κ2) is 7.28. The maximum Gasteiger partial charge on any atom is 0.250 e. The number of aromatic amines is 1. The van der Waals surface area contributed by atoms with Crippen molar-refractivity contribution in [2.45, 2.75) is 37.8 Å². The van der Waals surface area contributed by atoms with Crippen LogP contribution in [0.15, 0.2) is 54.7 Å². The first-order chi connectivity index (χ1) is 16.1. The second-order valence-electron chi connectivity index (χ2n) is 9.31. The van der Waals surface area contributed by atoms with Crippen molar-refractivity contribution in [3.8, 4) is 0 Å². The fourth-order valence-electron chi connectivity index (χ4n) is 6.07. The van der Waals surface area contributed by atoms with E-state index < -0.39 is 17.4 Å². The van der Waals surface area contributed by atoms with Crippen molar-refractivity contribution in [1.82, 2.24) is 15.2 Å². The number of imide groups is 1. The number of hydrogen-bond donors (Lipinski definition) is 3. The number of carbonyl (C=O) groups is 3. The molecule has 1 aromatic heterocycles. The molecule has 3 aliphatic rings. The van der Waals surface area contributed by atoms with E-state index in [9.17, 15) is 14.4 Å². The number of H-pyrrole nitrogens is 1. The zero-order chi connectivity index (χ0) is 22.7. The molecule has 0 saturated carbocycles. The van der Waals surface area contributed by atoms with Crippen LogP contribution in [0.25, 0.3) is 10.9 Å². The Morgan fingerprint density at radius 3 is 2.64 bits per heavy atom. The van der Waals surface area contributed by atoms with E-state index in [4.69, 9.17) is 0 Å². The quantitative estimate of drug-likeness (QED) is 0.530. The number of benzene rings is 2. The minimum absolute atomic E-state index is 0.162. The van der Waals surface area contributed by atoms with Gasteiger partial charge in [0.1, 0.15) is 5.54 Å². The zero-order valence-corrected chi connectivity index (χ0v) is 18.4. The van der Waals surface area contributed by atoms with Crippen LogP contribution in [0.5, 0.6) is 0 Å². The lowest BCUT2D eigenvalue weighted by atomic mass is 9.76. The van der Waals surface area contributed by atoms with E-state index in [0.29, 0.717) is 18.7 Å². The van der Waals surface area contributed by atoms with E-state index in [1.165, 1.54) is 4.90 Å². The number of hydrogen-bond acceptors (Lipinski definition) is 4. The molecule has 2 fully saturated rings. The number of amides is 3. The summed E-state index contributed by atoms with van der Waals surface area (Å²) < 4.78 is 0. The third-order valence-electron chi connectivity index (χ3n) is 7.56. The van der Waals surface area contributed by atoms with E-state index in [2.05, 4.69) is 21.7 Å². The van der Waals surface area contributed by atoms with Gasteiger partial charge in [-0.25, -0.2) is 0 Å². The highest BCUT2D eigenvalue weighted by Crippen LogP contribution is 2.53. The van der Waals surface area contributed by atoms with Crippen LogP contribution in [0.1, 0.15) is 30.9 Å². The Morgan fingerprint density at radius 1 is 1.00 bits per heavy atom. The maximum atomic E-state index is 13.7. The third kappa shape index (κ3) is 2.69. The second-order valence-corrected chi connectivity index (χ2v) is 9.31. The molecule has 3 aliphatic heterocycles. The number of nitrogens with zero attached hydrogens (tertiary/aromatic N) is 1. The van der Waals surface area contributed by atoms with E-state index in [1.54, 1.807) is 0 Å². The van der Waals surface area contributed by atoms with Gasteiger partial charge < -0.3 is 10.3 Å². The molecule has 4 heterocycles. The highest BCUT2D eigenvalue weighted by atomic mass is 16.2. The first-order valence-electron chi connectivity index (χ1n) is 11.6. The van der Waals surface area contributed by atoms with Crippen LogP contribution < -0.4 is 10.6 Å². The number of carbonyl (C=O) groups excluding carboxylic acids is 3. The minimum atomic E-state index is -1.23. The Morgan fingerprint density at radius 2 is 1.79 bits per heavy atom. The minimum Gasteiger partial charge on any atom is -0.361 e. The van der Waals surface area contributed by atoms with Crippen molar-refractivity contribution in [2.24, 2.45) is 11.8 Å². The fraction of sp³-hybridized carbons (Fsp3) is 0.346. The van der Waals surface area contributed by atoms with Gasteiger partial charge in [0, 0.05) is 40.9 Å². The molecule has 0 aliphatic carbocycles. The number of unbranched alkanes of at least 4 members (excludes halogenated alkanes) is 1. The highest BCUT2D eigenvalue weighted by Gasteiger charge is 2.70. The SMILES string of the molecule is CCCCN1C(=O)[C@@H]2[C@H](Cc3c[nH]c4ccccc34)N[C@@]3(C(=O)Nc4ccccc43)[C@@H]2C1=O. The molecule has 0 bridgehead atoms. The molecule has 2 aromatic carbocycles. The molecule has 7 nitrogen and oxygen atoms in total. The highest BCUT2D eigenvalue weighted by molar-refractivity contribution is 6.15. The molecule has 3 N–H and O–H groups in total. The van der Waals surface area contributed by atoms with Crippen LogP contribution in [-0.4, -0.2) is 40.2 Å². The standard InChI is InChI=1S/C26H26N4O3/c1-2-3-12-30-23(31)21-20(13-15-14-27-18-10-6-4-8-16(15)18)29-26(22(21)24(30)32)17-9-5-7-11-19(17)28-25(26)33/h4-11,14,20-22,27,29H,2-3,12-13H2,1H3,(H,28,33)/t20-,21+,22-,26+/m0/s1. The molecule has 7 heteroatoms. The molecule has 1 spiro atoms. The normalized spacial score (nSPS) is 28.1. The summed E-state index contributed by atoms with van der Waals surface area (Å²) in [5.41, 5.74) is 2.32. The fourth-order valence-corrected chi connectivity index (χ4v) is 6.07. The number of anilines is 1. The summed E-state index contributed by atoms with van der Waals surface area (Å²) in [4.78, 5) is 45.4. The first kappa shape index (κ1) is 20.2. The molecular weight excluding hydrogens is 416 g/mol. The monoisotopic (exact) mass is 442 g/mol. The molecule has 3 aromatic rings. The number of rotatable bonds is 5. The van der Waals surface area contributed by atoms with Gasteiger partial charge in [0.2, 0.25) is 17.7 Å². The number of nitrogens with one attached hydrogen (secondary N) is 3. The van der Waals surface area contributed by atoms with Crippen molar-refractivity contribution < 1.29 is 14.4 Å². The average molecular weight is 443 g/mol.